The summed E-state index contributed by atoms with van der Waals surface area (Å²) < 4.78 is 45.9. The summed E-state index contributed by atoms with van der Waals surface area (Å²) in [6, 6.07) is 1.32. The Balaban J connectivity index is 2.33. The van der Waals surface area contributed by atoms with Crippen LogP contribution in [-0.2, 0) is 14.2 Å². The molecule has 4 atom stereocenters. The third kappa shape index (κ3) is 4.86. The first-order chi connectivity index (χ1) is 13.4. The molecule has 0 unspecified atom stereocenters. The molecule has 1 aliphatic rings. The molecule has 1 aromatic heterocycles. The van der Waals surface area contributed by atoms with Gasteiger partial charge in [-0.05, 0) is 18.9 Å². The number of nitrogens with zero attached hydrogens (tertiary/aromatic N) is 2. The lowest BCUT2D eigenvalue weighted by Crippen LogP contribution is -2.54. The number of halogens is 2. The molecular formula is C18H29F2N3O5. The summed E-state index contributed by atoms with van der Waals surface area (Å²) >= 11 is 0. The van der Waals surface area contributed by atoms with Gasteiger partial charge in [0.25, 0.3) is 6.43 Å². The van der Waals surface area contributed by atoms with E-state index in [1.54, 1.807) is 0 Å². The van der Waals surface area contributed by atoms with E-state index in [4.69, 9.17) is 19.9 Å². The maximum Gasteiger partial charge on any atom is 0.351 e. The van der Waals surface area contributed by atoms with Gasteiger partial charge in [-0.15, -0.1) is 0 Å². The van der Waals surface area contributed by atoms with Crippen molar-refractivity contribution >= 4 is 5.82 Å². The first kappa shape index (κ1) is 22.7. The smallest absolute Gasteiger partial charge is 0.351 e. The Hall–Kier alpha value is -1.62. The third-order valence-corrected chi connectivity index (χ3v) is 4.68. The van der Waals surface area contributed by atoms with Crippen LogP contribution in [0.3, 0.4) is 0 Å². The molecule has 10 heteroatoms. The van der Waals surface area contributed by atoms with Gasteiger partial charge in [0.15, 0.2) is 11.8 Å². The number of nitrogens with two attached hydrogens (primary N) is 1. The molecule has 0 amide bonds. The zero-order valence-electron chi connectivity index (χ0n) is 16.2. The van der Waals surface area contributed by atoms with E-state index in [2.05, 4.69) is 4.98 Å². The highest BCUT2D eigenvalue weighted by atomic mass is 19.3. The molecule has 1 fully saturated rings. The number of nitrogen functional groups attached to an aromatic ring is 1. The van der Waals surface area contributed by atoms with Crippen molar-refractivity contribution in [3.63, 3.8) is 0 Å². The van der Waals surface area contributed by atoms with Gasteiger partial charge >= 0.3 is 5.69 Å². The van der Waals surface area contributed by atoms with E-state index in [9.17, 15) is 18.7 Å². The second-order valence-electron chi connectivity index (χ2n) is 6.85. The lowest BCUT2D eigenvalue weighted by atomic mass is 9.96. The van der Waals surface area contributed by atoms with Crippen molar-refractivity contribution < 1.29 is 28.1 Å². The van der Waals surface area contributed by atoms with Crippen LogP contribution in [0.25, 0.3) is 0 Å². The van der Waals surface area contributed by atoms with Crippen molar-refractivity contribution in [2.75, 3.05) is 25.6 Å². The lowest BCUT2D eigenvalue weighted by Gasteiger charge is -2.33. The van der Waals surface area contributed by atoms with Crippen LogP contribution in [0.1, 0.15) is 45.8 Å². The Morgan fingerprint density at radius 3 is 2.64 bits per heavy atom. The zero-order valence-corrected chi connectivity index (χ0v) is 16.2. The number of alkyl halides is 2. The van der Waals surface area contributed by atoms with Crippen LogP contribution in [-0.4, -0.2) is 58.7 Å². The maximum absolute atomic E-state index is 14.2. The molecule has 0 aromatic carbocycles. The standard InChI is InChI=1S/C18H29F2N3O5/c1-3-5-9-26-11-18(16(19)20)14(27-10-6-4-2)13(24)15(28-18)23-8-7-12(21)22-17(23)25/h7-8,13-16,24H,3-6,9-11H2,1-2H3,(H2,21,22,25)/t13-,14-,15+,18+/m0/s1. The van der Waals surface area contributed by atoms with E-state index in [-0.39, 0.29) is 19.0 Å². The second-order valence-corrected chi connectivity index (χ2v) is 6.85. The number of hydrogen-bond donors (Lipinski definition) is 2. The predicted molar refractivity (Wildman–Crippen MR) is 98.1 cm³/mol. The van der Waals surface area contributed by atoms with E-state index < -0.39 is 42.8 Å². The van der Waals surface area contributed by atoms with Crippen molar-refractivity contribution in [3.8, 4) is 0 Å². The number of rotatable bonds is 11. The third-order valence-electron chi connectivity index (χ3n) is 4.68. The van der Waals surface area contributed by atoms with E-state index in [1.807, 2.05) is 13.8 Å². The molecule has 0 spiro atoms. The fourth-order valence-corrected chi connectivity index (χ4v) is 3.07. The van der Waals surface area contributed by atoms with Crippen LogP contribution in [0.4, 0.5) is 14.6 Å². The summed E-state index contributed by atoms with van der Waals surface area (Å²) in [5.74, 6) is -0.0208. The number of unbranched alkanes of at least 4 members (excludes halogenated alkanes) is 2. The molecule has 0 aliphatic carbocycles. The minimum Gasteiger partial charge on any atom is -0.386 e. The minimum atomic E-state index is -3.00. The first-order valence-electron chi connectivity index (χ1n) is 9.55. The number of hydrogen-bond acceptors (Lipinski definition) is 7. The molecule has 1 aliphatic heterocycles. The van der Waals surface area contributed by atoms with Gasteiger partial charge in [-0.2, -0.15) is 4.98 Å². The van der Waals surface area contributed by atoms with Crippen molar-refractivity contribution in [1.82, 2.24) is 9.55 Å². The molecule has 160 valence electrons. The van der Waals surface area contributed by atoms with Gasteiger partial charge < -0.3 is 25.1 Å². The SMILES string of the molecule is CCCCOC[C@@]1(C(F)F)O[C@@H](n2ccc(N)nc2=O)[C@@H](O)[C@@H]1OCCCC. The Morgan fingerprint density at radius 1 is 1.36 bits per heavy atom. The van der Waals surface area contributed by atoms with Crippen LogP contribution in [0.15, 0.2) is 17.1 Å². The molecule has 8 nitrogen and oxygen atoms in total. The first-order valence-corrected chi connectivity index (χ1v) is 9.55. The van der Waals surface area contributed by atoms with Gasteiger partial charge in [-0.25, -0.2) is 13.6 Å². The summed E-state index contributed by atoms with van der Waals surface area (Å²) in [4.78, 5) is 15.7. The second kappa shape index (κ2) is 10.2. The summed E-state index contributed by atoms with van der Waals surface area (Å²) in [6.45, 7) is 3.87. The quantitative estimate of drug-likeness (QED) is 0.540. The molecule has 0 saturated carbocycles. The van der Waals surface area contributed by atoms with Gasteiger partial charge in [0, 0.05) is 19.4 Å². The van der Waals surface area contributed by atoms with Gasteiger partial charge in [-0.1, -0.05) is 26.7 Å². The number of ether oxygens (including phenoxy) is 3. The van der Waals surface area contributed by atoms with Crippen LogP contribution < -0.4 is 11.4 Å². The molecule has 0 bridgehead atoms. The molecule has 1 aromatic rings. The molecule has 2 heterocycles. The normalized spacial score (nSPS) is 27.6. The van der Waals surface area contributed by atoms with Gasteiger partial charge in [0.1, 0.15) is 18.0 Å². The highest BCUT2D eigenvalue weighted by Crippen LogP contribution is 2.42. The van der Waals surface area contributed by atoms with E-state index in [0.29, 0.717) is 12.8 Å². The average molecular weight is 405 g/mol. The monoisotopic (exact) mass is 405 g/mol. The Morgan fingerprint density at radius 2 is 2.04 bits per heavy atom. The van der Waals surface area contributed by atoms with Crippen molar-refractivity contribution in [3.05, 3.63) is 22.7 Å². The molecular weight excluding hydrogens is 376 g/mol. The summed E-state index contributed by atoms with van der Waals surface area (Å²) in [5.41, 5.74) is 2.46. The Kier molecular flexibility index (Phi) is 8.29. The molecule has 0 radical (unpaired) electrons. The van der Waals surface area contributed by atoms with Crippen LogP contribution in [0.5, 0.6) is 0 Å². The summed E-state index contributed by atoms with van der Waals surface area (Å²) in [7, 11) is 0. The maximum atomic E-state index is 14.2. The summed E-state index contributed by atoms with van der Waals surface area (Å²) in [5, 5.41) is 10.7. The molecule has 1 saturated heterocycles. The fraction of sp³-hybridized carbons (Fsp3) is 0.778. The number of aliphatic hydroxyl groups excluding tert-OH is 1. The van der Waals surface area contributed by atoms with E-state index in [1.165, 1.54) is 12.3 Å². The van der Waals surface area contributed by atoms with Crippen molar-refractivity contribution in [1.29, 1.82) is 0 Å². The highest BCUT2D eigenvalue weighted by Gasteiger charge is 2.62. The number of aromatic nitrogens is 2. The van der Waals surface area contributed by atoms with Crippen LogP contribution in [0.2, 0.25) is 0 Å². The van der Waals surface area contributed by atoms with Gasteiger partial charge in [-0.3, -0.25) is 4.57 Å². The molecule has 3 N–H and O–H groups in total. The zero-order chi connectivity index (χ0) is 20.7. The van der Waals surface area contributed by atoms with Crippen LogP contribution >= 0.6 is 0 Å². The predicted octanol–water partition coefficient (Wildman–Crippen LogP) is 1.72. The van der Waals surface area contributed by atoms with Gasteiger partial charge in [0.05, 0.1) is 6.61 Å². The Bertz CT molecular complexity index is 675. The minimum absolute atomic E-state index is 0.0208. The fourth-order valence-electron chi connectivity index (χ4n) is 3.07. The Labute approximate surface area is 162 Å². The van der Waals surface area contributed by atoms with Crippen LogP contribution in [0, 0.1) is 0 Å². The molecule has 2 rings (SSSR count). The van der Waals surface area contributed by atoms with Crippen molar-refractivity contribution in [2.45, 2.75) is 70.0 Å². The average Bonchev–Trinajstić information content (AvgIpc) is 2.93. The topological polar surface area (TPSA) is 109 Å². The van der Waals surface area contributed by atoms with E-state index >= 15 is 0 Å². The largest absolute Gasteiger partial charge is 0.386 e. The highest BCUT2D eigenvalue weighted by molar-refractivity contribution is 5.23. The number of anilines is 1. The summed E-state index contributed by atoms with van der Waals surface area (Å²) in [6.07, 6.45) is -3.05. The number of aliphatic hydroxyl groups is 1. The van der Waals surface area contributed by atoms with Crippen molar-refractivity contribution in [2.24, 2.45) is 0 Å². The van der Waals surface area contributed by atoms with Gasteiger partial charge in [0.2, 0.25) is 0 Å². The lowest BCUT2D eigenvalue weighted by molar-refractivity contribution is -0.212. The van der Waals surface area contributed by atoms with E-state index in [0.717, 1.165) is 17.4 Å². The molecule has 28 heavy (non-hydrogen) atoms.